The predicted molar refractivity (Wildman–Crippen MR) is 152 cm³/mol. The Kier molecular flexibility index (Phi) is 8.12. The van der Waals surface area contributed by atoms with Gasteiger partial charge in [0.15, 0.2) is 0 Å². The number of hydrogen-bond acceptors (Lipinski definition) is 3. The summed E-state index contributed by atoms with van der Waals surface area (Å²) < 4.78 is 8.11. The summed E-state index contributed by atoms with van der Waals surface area (Å²) in [5, 5.41) is 13.8. The fraction of sp³-hybridized carbons (Fsp3) is 0.290. The summed E-state index contributed by atoms with van der Waals surface area (Å²) in [5.74, 6) is 0.412. The molecule has 0 saturated heterocycles. The number of halogens is 1. The molecular formula is C31H33ClN2O4. The molecule has 1 amide bonds. The third-order valence-electron chi connectivity index (χ3n) is 6.95. The van der Waals surface area contributed by atoms with Crippen LogP contribution in [-0.4, -0.2) is 21.6 Å². The van der Waals surface area contributed by atoms with Gasteiger partial charge in [0.05, 0.1) is 6.04 Å². The van der Waals surface area contributed by atoms with E-state index in [2.05, 4.69) is 5.32 Å². The fourth-order valence-corrected chi connectivity index (χ4v) is 5.15. The topological polar surface area (TPSA) is 80.6 Å². The van der Waals surface area contributed by atoms with Crippen molar-refractivity contribution in [3.8, 4) is 11.5 Å². The van der Waals surface area contributed by atoms with Crippen molar-refractivity contribution in [3.63, 3.8) is 0 Å². The van der Waals surface area contributed by atoms with Crippen LogP contribution >= 0.6 is 11.6 Å². The van der Waals surface area contributed by atoms with E-state index in [-0.39, 0.29) is 18.4 Å². The zero-order chi connectivity index (χ0) is 27.6. The van der Waals surface area contributed by atoms with Gasteiger partial charge >= 0.3 is 5.97 Å². The van der Waals surface area contributed by atoms with Crippen molar-refractivity contribution in [3.05, 3.63) is 93.1 Å². The maximum atomic E-state index is 13.4. The van der Waals surface area contributed by atoms with Gasteiger partial charge in [-0.05, 0) is 104 Å². The largest absolute Gasteiger partial charge is 0.481 e. The number of carbonyl (C=O) groups excluding carboxylic acids is 1. The molecule has 0 aliphatic rings. The van der Waals surface area contributed by atoms with Gasteiger partial charge in [0, 0.05) is 29.4 Å². The van der Waals surface area contributed by atoms with Crippen molar-refractivity contribution in [1.29, 1.82) is 0 Å². The van der Waals surface area contributed by atoms with Crippen molar-refractivity contribution < 1.29 is 19.4 Å². The normalized spacial score (nSPS) is 11.9. The molecule has 4 aromatic rings. The molecule has 2 N–H and O–H groups in total. The molecular weight excluding hydrogens is 500 g/mol. The Bertz CT molecular complexity index is 1520. The third-order valence-corrected chi connectivity index (χ3v) is 7.19. The Morgan fingerprint density at radius 3 is 2.50 bits per heavy atom. The monoisotopic (exact) mass is 532 g/mol. The van der Waals surface area contributed by atoms with Gasteiger partial charge in [-0.25, -0.2) is 0 Å². The average Bonchev–Trinajstić information content (AvgIpc) is 3.11. The highest BCUT2D eigenvalue weighted by Gasteiger charge is 2.21. The number of nitrogens with one attached hydrogen (secondary N) is 1. The molecule has 1 heterocycles. The van der Waals surface area contributed by atoms with Crippen molar-refractivity contribution in [2.24, 2.45) is 7.05 Å². The number of benzene rings is 3. The summed E-state index contributed by atoms with van der Waals surface area (Å²) in [7, 11) is 1.89. The Morgan fingerprint density at radius 2 is 1.79 bits per heavy atom. The molecule has 0 aliphatic heterocycles. The first-order valence-electron chi connectivity index (χ1n) is 12.8. The van der Waals surface area contributed by atoms with E-state index >= 15 is 0 Å². The highest BCUT2D eigenvalue weighted by Crippen LogP contribution is 2.30. The van der Waals surface area contributed by atoms with Crippen molar-refractivity contribution in [1.82, 2.24) is 9.88 Å². The van der Waals surface area contributed by atoms with Crippen molar-refractivity contribution in [2.75, 3.05) is 0 Å². The Labute approximate surface area is 228 Å². The summed E-state index contributed by atoms with van der Waals surface area (Å²) in [4.78, 5) is 24.3. The van der Waals surface area contributed by atoms with Crippen LogP contribution in [0.5, 0.6) is 11.5 Å². The molecule has 0 saturated carbocycles. The number of amides is 1. The molecule has 0 unspecified atom stereocenters. The van der Waals surface area contributed by atoms with E-state index in [9.17, 15) is 9.59 Å². The van der Waals surface area contributed by atoms with Crippen molar-refractivity contribution >= 4 is 34.4 Å². The standard InChI is InChI=1S/C31H33ClN2O4/c1-6-21-15-25(10-7-22(21)8-12-29(35)36)38-26-14-18(2)13-23(16-26)20(4)33-31(37)30-19(3)27-17-24(32)9-11-28(27)34(30)5/h7,9-11,13-17,20H,6,8,12H2,1-5H3,(H,33,37)(H,35,36)/t20-/m1/s1. The Balaban J connectivity index is 1.54. The second kappa shape index (κ2) is 11.3. The lowest BCUT2D eigenvalue weighted by atomic mass is 10.0. The van der Waals surface area contributed by atoms with Crippen LogP contribution in [0.3, 0.4) is 0 Å². The fourth-order valence-electron chi connectivity index (χ4n) is 4.97. The van der Waals surface area contributed by atoms with Crippen LogP contribution in [0.25, 0.3) is 10.9 Å². The van der Waals surface area contributed by atoms with E-state index in [1.165, 1.54) is 0 Å². The number of nitrogens with zero attached hydrogens (tertiary/aromatic N) is 1. The molecule has 0 spiro atoms. The minimum Gasteiger partial charge on any atom is -0.481 e. The first-order valence-corrected chi connectivity index (χ1v) is 13.1. The number of carbonyl (C=O) groups is 2. The number of ether oxygens (including phenoxy) is 1. The number of aliphatic carboxylic acids is 1. The Hall–Kier alpha value is -3.77. The summed E-state index contributed by atoms with van der Waals surface area (Å²) in [6.07, 6.45) is 1.38. The van der Waals surface area contributed by atoms with Crippen LogP contribution in [0.15, 0.2) is 54.6 Å². The van der Waals surface area contributed by atoms with Crippen molar-refractivity contribution in [2.45, 2.75) is 53.0 Å². The number of aryl methyl sites for hydroxylation is 5. The van der Waals surface area contributed by atoms with Gasteiger partial charge in [-0.3, -0.25) is 9.59 Å². The molecule has 38 heavy (non-hydrogen) atoms. The van der Waals surface area contributed by atoms with Gasteiger partial charge < -0.3 is 19.7 Å². The molecule has 0 bridgehead atoms. The summed E-state index contributed by atoms with van der Waals surface area (Å²) in [5.41, 5.74) is 6.49. The average molecular weight is 533 g/mol. The summed E-state index contributed by atoms with van der Waals surface area (Å²) in [6, 6.07) is 17.1. The number of hydrogen-bond donors (Lipinski definition) is 2. The van der Waals surface area contributed by atoms with Gasteiger partial charge in [0.1, 0.15) is 17.2 Å². The van der Waals surface area contributed by atoms with E-state index in [0.717, 1.165) is 45.1 Å². The van der Waals surface area contributed by atoms with Gasteiger partial charge in [-0.1, -0.05) is 30.7 Å². The lowest BCUT2D eigenvalue weighted by molar-refractivity contribution is -0.136. The molecule has 1 aromatic heterocycles. The number of rotatable bonds is 9. The zero-order valence-electron chi connectivity index (χ0n) is 22.4. The van der Waals surface area contributed by atoms with E-state index in [0.29, 0.717) is 28.6 Å². The maximum absolute atomic E-state index is 13.4. The minimum atomic E-state index is -0.805. The quantitative estimate of drug-likeness (QED) is 0.237. The first-order chi connectivity index (χ1) is 18.1. The van der Waals surface area contributed by atoms with Crippen LogP contribution in [0.4, 0.5) is 0 Å². The van der Waals surface area contributed by atoms with Gasteiger partial charge in [0.25, 0.3) is 5.91 Å². The molecule has 3 aromatic carbocycles. The molecule has 6 nitrogen and oxygen atoms in total. The van der Waals surface area contributed by atoms with E-state index in [4.69, 9.17) is 21.4 Å². The van der Waals surface area contributed by atoms with E-state index in [1.54, 1.807) is 0 Å². The van der Waals surface area contributed by atoms with Crippen LogP contribution in [0, 0.1) is 13.8 Å². The van der Waals surface area contributed by atoms with E-state index < -0.39 is 5.97 Å². The van der Waals surface area contributed by atoms with Crippen LogP contribution < -0.4 is 10.1 Å². The van der Waals surface area contributed by atoms with Crippen LogP contribution in [0.2, 0.25) is 5.02 Å². The van der Waals surface area contributed by atoms with Crippen LogP contribution in [0.1, 0.15) is 64.6 Å². The molecule has 4 rings (SSSR count). The number of fused-ring (bicyclic) bond motifs is 1. The van der Waals surface area contributed by atoms with Gasteiger partial charge in [-0.15, -0.1) is 0 Å². The molecule has 0 radical (unpaired) electrons. The molecule has 1 atom stereocenters. The predicted octanol–water partition coefficient (Wildman–Crippen LogP) is 7.31. The summed E-state index contributed by atoms with van der Waals surface area (Å²) in [6.45, 7) is 7.94. The SMILES string of the molecule is CCc1cc(Oc2cc(C)cc([C@@H](C)NC(=O)c3c(C)c4cc(Cl)ccc4n3C)c2)ccc1CCC(=O)O. The molecule has 7 heteroatoms. The molecule has 198 valence electrons. The van der Waals surface area contributed by atoms with Crippen LogP contribution in [-0.2, 0) is 24.7 Å². The summed E-state index contributed by atoms with van der Waals surface area (Å²) >= 11 is 6.19. The first kappa shape index (κ1) is 27.3. The van der Waals surface area contributed by atoms with Gasteiger partial charge in [-0.2, -0.15) is 0 Å². The Morgan fingerprint density at radius 1 is 1.03 bits per heavy atom. The highest BCUT2D eigenvalue weighted by atomic mass is 35.5. The smallest absolute Gasteiger partial charge is 0.303 e. The third kappa shape index (κ3) is 5.86. The lowest BCUT2D eigenvalue weighted by Crippen LogP contribution is -2.29. The number of carboxylic acids is 1. The maximum Gasteiger partial charge on any atom is 0.303 e. The van der Waals surface area contributed by atoms with Gasteiger partial charge in [0.2, 0.25) is 0 Å². The van der Waals surface area contributed by atoms with E-state index in [1.807, 2.05) is 93.9 Å². The zero-order valence-corrected chi connectivity index (χ0v) is 23.1. The second-order valence-corrected chi connectivity index (χ2v) is 10.2. The second-order valence-electron chi connectivity index (χ2n) is 9.75. The minimum absolute atomic E-state index is 0.101. The molecule has 0 aliphatic carbocycles. The molecule has 0 fully saturated rings. The lowest BCUT2D eigenvalue weighted by Gasteiger charge is -2.18. The highest BCUT2D eigenvalue weighted by molar-refractivity contribution is 6.31. The number of carboxylic acid groups (broad SMARTS) is 1. The number of aromatic nitrogens is 1.